The largest absolute Gasteiger partial charge is 0.493 e. The van der Waals surface area contributed by atoms with Crippen molar-refractivity contribution in [3.63, 3.8) is 0 Å². The zero-order valence-electron chi connectivity index (χ0n) is 11.4. The van der Waals surface area contributed by atoms with Crippen LogP contribution in [0.25, 0.3) is 0 Å². The van der Waals surface area contributed by atoms with Crippen molar-refractivity contribution >= 4 is 15.9 Å². The summed E-state index contributed by atoms with van der Waals surface area (Å²) in [6.07, 6.45) is 1.01. The quantitative estimate of drug-likeness (QED) is 0.574. The van der Waals surface area contributed by atoms with Gasteiger partial charge in [-0.15, -0.1) is 0 Å². The topological polar surface area (TPSA) is 53.5 Å². The van der Waals surface area contributed by atoms with Gasteiger partial charge in [-0.3, -0.25) is 0 Å². The van der Waals surface area contributed by atoms with E-state index >= 15 is 0 Å². The fraction of sp³-hybridized carbons (Fsp3) is 0.571. The van der Waals surface area contributed by atoms with Crippen molar-refractivity contribution in [3.05, 3.63) is 28.2 Å². The summed E-state index contributed by atoms with van der Waals surface area (Å²) in [5.41, 5.74) is 1.16. The molecule has 0 saturated heterocycles. The SMILES string of the molecule is CCCOc1ccc(Br)cc1CNCCNCCO. The van der Waals surface area contributed by atoms with Gasteiger partial charge in [-0.05, 0) is 24.6 Å². The standard InChI is InChI=1S/C14H23BrN2O2/c1-2-9-19-14-4-3-13(15)10-12(14)11-17-6-5-16-7-8-18/h3-4,10,16-18H,2,5-9,11H2,1H3. The first-order valence-corrected chi connectivity index (χ1v) is 7.50. The summed E-state index contributed by atoms with van der Waals surface area (Å²) < 4.78 is 6.79. The van der Waals surface area contributed by atoms with Gasteiger partial charge >= 0.3 is 0 Å². The average Bonchev–Trinajstić information content (AvgIpc) is 2.42. The first-order valence-electron chi connectivity index (χ1n) is 6.71. The molecule has 4 nitrogen and oxygen atoms in total. The number of hydrogen-bond acceptors (Lipinski definition) is 4. The molecule has 0 aliphatic carbocycles. The summed E-state index contributed by atoms with van der Waals surface area (Å²) in [7, 11) is 0. The zero-order valence-corrected chi connectivity index (χ0v) is 13.0. The van der Waals surface area contributed by atoms with E-state index in [2.05, 4.69) is 39.6 Å². The molecule has 5 heteroatoms. The summed E-state index contributed by atoms with van der Waals surface area (Å²) >= 11 is 3.48. The molecule has 1 rings (SSSR count). The second kappa shape index (κ2) is 10.2. The lowest BCUT2D eigenvalue weighted by Crippen LogP contribution is -2.28. The van der Waals surface area contributed by atoms with Crippen LogP contribution in [0.15, 0.2) is 22.7 Å². The highest BCUT2D eigenvalue weighted by Gasteiger charge is 2.04. The molecule has 0 unspecified atom stereocenters. The Morgan fingerprint density at radius 1 is 1.21 bits per heavy atom. The van der Waals surface area contributed by atoms with Crippen LogP contribution < -0.4 is 15.4 Å². The average molecular weight is 331 g/mol. The predicted molar refractivity (Wildman–Crippen MR) is 81.6 cm³/mol. The number of rotatable bonds is 10. The molecule has 0 radical (unpaired) electrons. The third-order valence-corrected chi connectivity index (χ3v) is 3.06. The van der Waals surface area contributed by atoms with Crippen LogP contribution in [0, 0.1) is 0 Å². The monoisotopic (exact) mass is 330 g/mol. The summed E-state index contributed by atoms with van der Waals surface area (Å²) in [6, 6.07) is 6.08. The van der Waals surface area contributed by atoms with Crippen molar-refractivity contribution in [2.24, 2.45) is 0 Å². The summed E-state index contributed by atoms with van der Waals surface area (Å²) in [6.45, 7) is 6.15. The van der Waals surface area contributed by atoms with E-state index in [1.807, 2.05) is 12.1 Å². The van der Waals surface area contributed by atoms with E-state index in [1.165, 1.54) is 0 Å². The predicted octanol–water partition coefficient (Wildman–Crippen LogP) is 1.91. The maximum atomic E-state index is 8.65. The first kappa shape index (κ1) is 16.4. The molecule has 0 amide bonds. The van der Waals surface area contributed by atoms with Gasteiger partial charge in [-0.1, -0.05) is 22.9 Å². The third-order valence-electron chi connectivity index (χ3n) is 2.57. The summed E-state index contributed by atoms with van der Waals surface area (Å²) in [4.78, 5) is 0. The van der Waals surface area contributed by atoms with E-state index in [0.29, 0.717) is 6.54 Å². The fourth-order valence-electron chi connectivity index (χ4n) is 1.64. The van der Waals surface area contributed by atoms with Crippen LogP contribution in [-0.2, 0) is 6.54 Å². The molecule has 19 heavy (non-hydrogen) atoms. The molecule has 0 fully saturated rings. The molecule has 0 aliphatic rings. The number of hydrogen-bond donors (Lipinski definition) is 3. The number of nitrogens with one attached hydrogen (secondary N) is 2. The first-order chi connectivity index (χ1) is 9.27. The number of aliphatic hydroxyl groups excluding tert-OH is 1. The lowest BCUT2D eigenvalue weighted by atomic mass is 10.2. The Hall–Kier alpha value is -0.620. The Morgan fingerprint density at radius 3 is 2.74 bits per heavy atom. The lowest BCUT2D eigenvalue weighted by molar-refractivity contribution is 0.292. The van der Waals surface area contributed by atoms with Gasteiger partial charge in [0.2, 0.25) is 0 Å². The van der Waals surface area contributed by atoms with Crippen molar-refractivity contribution in [1.29, 1.82) is 0 Å². The molecule has 0 atom stereocenters. The number of ether oxygens (including phenoxy) is 1. The van der Waals surface area contributed by atoms with Gasteiger partial charge in [-0.25, -0.2) is 0 Å². The van der Waals surface area contributed by atoms with Crippen molar-refractivity contribution in [1.82, 2.24) is 10.6 Å². The van der Waals surface area contributed by atoms with E-state index in [-0.39, 0.29) is 6.61 Å². The highest BCUT2D eigenvalue weighted by atomic mass is 79.9. The van der Waals surface area contributed by atoms with Crippen LogP contribution in [0.4, 0.5) is 0 Å². The van der Waals surface area contributed by atoms with E-state index < -0.39 is 0 Å². The van der Waals surface area contributed by atoms with Crippen molar-refractivity contribution in [3.8, 4) is 5.75 Å². The van der Waals surface area contributed by atoms with Crippen LogP contribution >= 0.6 is 15.9 Å². The van der Waals surface area contributed by atoms with Gasteiger partial charge in [0.1, 0.15) is 5.75 Å². The van der Waals surface area contributed by atoms with Crippen molar-refractivity contribution < 1.29 is 9.84 Å². The Balaban J connectivity index is 2.39. The number of aliphatic hydroxyl groups is 1. The normalized spacial score (nSPS) is 10.7. The minimum atomic E-state index is 0.181. The van der Waals surface area contributed by atoms with Crippen LogP contribution in [-0.4, -0.2) is 38.0 Å². The molecule has 0 bridgehead atoms. The molecule has 0 heterocycles. The van der Waals surface area contributed by atoms with Crippen molar-refractivity contribution in [2.45, 2.75) is 19.9 Å². The molecule has 0 saturated carbocycles. The molecule has 3 N–H and O–H groups in total. The molecule has 1 aromatic carbocycles. The fourth-order valence-corrected chi connectivity index (χ4v) is 2.05. The van der Waals surface area contributed by atoms with E-state index in [4.69, 9.17) is 9.84 Å². The molecule has 0 aliphatic heterocycles. The van der Waals surface area contributed by atoms with E-state index in [1.54, 1.807) is 0 Å². The molecule has 108 valence electrons. The third kappa shape index (κ3) is 6.92. The zero-order chi connectivity index (χ0) is 13.9. The number of halogens is 1. The molecule has 0 aromatic heterocycles. The Kier molecular flexibility index (Phi) is 8.82. The number of benzene rings is 1. The van der Waals surface area contributed by atoms with Gasteiger partial charge in [0.05, 0.1) is 13.2 Å². The van der Waals surface area contributed by atoms with Gasteiger partial charge in [-0.2, -0.15) is 0 Å². The van der Waals surface area contributed by atoms with Gasteiger partial charge < -0.3 is 20.5 Å². The maximum Gasteiger partial charge on any atom is 0.123 e. The van der Waals surface area contributed by atoms with Gasteiger partial charge in [0, 0.05) is 36.2 Å². The highest BCUT2D eigenvalue weighted by Crippen LogP contribution is 2.23. The van der Waals surface area contributed by atoms with E-state index in [0.717, 1.165) is 48.4 Å². The minimum absolute atomic E-state index is 0.181. The van der Waals surface area contributed by atoms with E-state index in [9.17, 15) is 0 Å². The summed E-state index contributed by atoms with van der Waals surface area (Å²) in [5, 5.41) is 15.1. The minimum Gasteiger partial charge on any atom is -0.493 e. The van der Waals surface area contributed by atoms with Gasteiger partial charge in [0.25, 0.3) is 0 Å². The molecule has 1 aromatic rings. The Bertz CT molecular complexity index is 361. The molecular formula is C14H23BrN2O2. The lowest BCUT2D eigenvalue weighted by Gasteiger charge is -2.12. The van der Waals surface area contributed by atoms with Crippen LogP contribution in [0.2, 0.25) is 0 Å². The second-order valence-corrected chi connectivity index (χ2v) is 5.17. The highest BCUT2D eigenvalue weighted by molar-refractivity contribution is 9.10. The Labute approximate surface area is 123 Å². The van der Waals surface area contributed by atoms with Crippen LogP contribution in [0.1, 0.15) is 18.9 Å². The maximum absolute atomic E-state index is 8.65. The summed E-state index contributed by atoms with van der Waals surface area (Å²) in [5.74, 6) is 0.945. The van der Waals surface area contributed by atoms with Crippen LogP contribution in [0.3, 0.4) is 0 Å². The van der Waals surface area contributed by atoms with Gasteiger partial charge in [0.15, 0.2) is 0 Å². The molecular weight excluding hydrogens is 308 g/mol. The smallest absolute Gasteiger partial charge is 0.123 e. The van der Waals surface area contributed by atoms with Crippen LogP contribution in [0.5, 0.6) is 5.75 Å². The van der Waals surface area contributed by atoms with Crippen molar-refractivity contribution in [2.75, 3.05) is 32.8 Å². The second-order valence-electron chi connectivity index (χ2n) is 4.25. The Morgan fingerprint density at radius 2 is 2.00 bits per heavy atom. The molecule has 0 spiro atoms.